The summed E-state index contributed by atoms with van der Waals surface area (Å²) in [5.74, 6) is 1.18. The molecule has 2 nitrogen and oxygen atoms in total. The highest BCUT2D eigenvalue weighted by atomic mass is 127. The number of carbonyl (C=O) groups is 1. The molecule has 116 valence electrons. The van der Waals surface area contributed by atoms with E-state index in [2.05, 4.69) is 48.6 Å². The summed E-state index contributed by atoms with van der Waals surface area (Å²) in [6, 6.07) is 8.13. The highest BCUT2D eigenvalue weighted by molar-refractivity contribution is 14.1. The molecule has 4 heteroatoms. The van der Waals surface area contributed by atoms with Crippen molar-refractivity contribution in [1.82, 2.24) is 4.90 Å². The standard InChI is InChI=1S/C17H23ClINO/c1-12(2)17(3,19)16(21)20-10-8-14(9-11-20)13-4-6-15(18)7-5-13/h4-7,12,14H,8-11H2,1-3H3/t17-/m0/s1. The quantitative estimate of drug-likeness (QED) is 0.504. The van der Waals surface area contributed by atoms with E-state index in [1.54, 1.807) is 0 Å². The Bertz CT molecular complexity index is 490. The van der Waals surface area contributed by atoms with Crippen molar-refractivity contribution >= 4 is 40.1 Å². The van der Waals surface area contributed by atoms with E-state index in [9.17, 15) is 4.79 Å². The normalized spacial score (nSPS) is 19.6. The Morgan fingerprint density at radius 1 is 1.29 bits per heavy atom. The summed E-state index contributed by atoms with van der Waals surface area (Å²) in [5, 5.41) is 0.781. The van der Waals surface area contributed by atoms with Gasteiger partial charge in [0.2, 0.25) is 5.91 Å². The van der Waals surface area contributed by atoms with Crippen molar-refractivity contribution in [3.05, 3.63) is 34.9 Å². The Kier molecular flexibility index (Phi) is 5.58. The van der Waals surface area contributed by atoms with Gasteiger partial charge in [0.1, 0.15) is 3.42 Å². The first kappa shape index (κ1) is 17.1. The van der Waals surface area contributed by atoms with Gasteiger partial charge in [-0.25, -0.2) is 0 Å². The lowest BCUT2D eigenvalue weighted by Gasteiger charge is -2.37. The van der Waals surface area contributed by atoms with Crippen molar-refractivity contribution in [3.63, 3.8) is 0 Å². The van der Waals surface area contributed by atoms with Gasteiger partial charge in [0.25, 0.3) is 0 Å². The lowest BCUT2D eigenvalue weighted by Crippen LogP contribution is -2.48. The number of piperidine rings is 1. The number of nitrogens with zero attached hydrogens (tertiary/aromatic N) is 1. The zero-order valence-corrected chi connectivity index (χ0v) is 15.8. The molecule has 1 aromatic rings. The van der Waals surface area contributed by atoms with Gasteiger partial charge in [-0.2, -0.15) is 0 Å². The van der Waals surface area contributed by atoms with Gasteiger partial charge in [-0.3, -0.25) is 4.79 Å². The topological polar surface area (TPSA) is 20.3 Å². The van der Waals surface area contributed by atoms with Gasteiger partial charge in [-0.05, 0) is 49.3 Å². The van der Waals surface area contributed by atoms with Crippen molar-refractivity contribution in [2.75, 3.05) is 13.1 Å². The number of likely N-dealkylation sites (tertiary alicyclic amines) is 1. The maximum absolute atomic E-state index is 12.7. The highest BCUT2D eigenvalue weighted by Crippen LogP contribution is 2.34. The van der Waals surface area contributed by atoms with Crippen LogP contribution < -0.4 is 0 Å². The van der Waals surface area contributed by atoms with Gasteiger partial charge >= 0.3 is 0 Å². The third kappa shape index (κ3) is 3.92. The second-order valence-electron chi connectivity index (χ2n) is 6.35. The highest BCUT2D eigenvalue weighted by Gasteiger charge is 2.38. The van der Waals surface area contributed by atoms with Crippen LogP contribution in [0.2, 0.25) is 5.02 Å². The predicted octanol–water partition coefficient (Wildman–Crippen LogP) is 4.90. The lowest BCUT2D eigenvalue weighted by atomic mass is 9.88. The summed E-state index contributed by atoms with van der Waals surface area (Å²) in [6.45, 7) is 8.00. The first-order valence-corrected chi connectivity index (χ1v) is 9.01. The summed E-state index contributed by atoms with van der Waals surface area (Å²) in [7, 11) is 0. The number of halogens is 2. The Morgan fingerprint density at radius 2 is 1.81 bits per heavy atom. The van der Waals surface area contributed by atoms with E-state index < -0.39 is 0 Å². The Hall–Kier alpha value is -0.290. The number of benzene rings is 1. The van der Waals surface area contributed by atoms with Gasteiger partial charge in [0.05, 0.1) is 0 Å². The number of amides is 1. The van der Waals surface area contributed by atoms with Crippen LogP contribution in [0.3, 0.4) is 0 Å². The molecule has 0 N–H and O–H groups in total. The maximum atomic E-state index is 12.7. The number of rotatable bonds is 3. The molecule has 1 atom stereocenters. The smallest absolute Gasteiger partial charge is 0.238 e. The van der Waals surface area contributed by atoms with E-state index in [-0.39, 0.29) is 9.33 Å². The number of alkyl halides is 1. The SMILES string of the molecule is CC(C)[C@](C)(I)C(=O)N1CCC(c2ccc(Cl)cc2)CC1. The summed E-state index contributed by atoms with van der Waals surface area (Å²) in [6.07, 6.45) is 2.08. The monoisotopic (exact) mass is 419 g/mol. The van der Waals surface area contributed by atoms with Crippen LogP contribution in [0.15, 0.2) is 24.3 Å². The molecule has 0 bridgehead atoms. The molecule has 0 saturated carbocycles. The van der Waals surface area contributed by atoms with Crippen LogP contribution in [0.25, 0.3) is 0 Å². The Morgan fingerprint density at radius 3 is 2.29 bits per heavy atom. The van der Waals surface area contributed by atoms with Gasteiger partial charge in [-0.15, -0.1) is 0 Å². The van der Waals surface area contributed by atoms with E-state index in [0.717, 1.165) is 31.0 Å². The number of hydrogen-bond acceptors (Lipinski definition) is 1. The van der Waals surface area contributed by atoms with E-state index in [0.29, 0.717) is 11.8 Å². The van der Waals surface area contributed by atoms with Crippen LogP contribution in [-0.2, 0) is 4.79 Å². The van der Waals surface area contributed by atoms with Crippen LogP contribution in [0.5, 0.6) is 0 Å². The third-order valence-corrected chi connectivity index (χ3v) is 6.59. The van der Waals surface area contributed by atoms with Crippen LogP contribution in [0, 0.1) is 5.92 Å². The molecule has 0 radical (unpaired) electrons. The second kappa shape index (κ2) is 6.86. The molecule has 1 amide bonds. The molecule has 1 fully saturated rings. The third-order valence-electron chi connectivity index (χ3n) is 4.63. The maximum Gasteiger partial charge on any atom is 0.238 e. The van der Waals surface area contributed by atoms with Gasteiger partial charge < -0.3 is 4.90 Å². The molecule has 0 unspecified atom stereocenters. The summed E-state index contributed by atoms with van der Waals surface area (Å²) < 4.78 is -0.301. The fraction of sp³-hybridized carbons (Fsp3) is 0.588. The predicted molar refractivity (Wildman–Crippen MR) is 97.3 cm³/mol. The minimum Gasteiger partial charge on any atom is -0.342 e. The van der Waals surface area contributed by atoms with E-state index in [1.165, 1.54) is 5.56 Å². The van der Waals surface area contributed by atoms with Crippen LogP contribution in [-0.4, -0.2) is 27.3 Å². The summed E-state index contributed by atoms with van der Waals surface area (Å²) in [5.41, 5.74) is 1.34. The Balaban J connectivity index is 1.97. The number of hydrogen-bond donors (Lipinski definition) is 0. The molecule has 1 aromatic carbocycles. The second-order valence-corrected chi connectivity index (χ2v) is 9.03. The van der Waals surface area contributed by atoms with E-state index in [4.69, 9.17) is 11.6 Å². The fourth-order valence-electron chi connectivity index (χ4n) is 2.71. The van der Waals surface area contributed by atoms with Gasteiger partial charge in [-0.1, -0.05) is 60.2 Å². The molecule has 1 heterocycles. The van der Waals surface area contributed by atoms with Crippen LogP contribution >= 0.6 is 34.2 Å². The molecule has 0 aromatic heterocycles. The summed E-state index contributed by atoms with van der Waals surface area (Å²) >= 11 is 8.25. The molecule has 1 aliphatic heterocycles. The first-order valence-electron chi connectivity index (χ1n) is 7.56. The zero-order valence-electron chi connectivity index (χ0n) is 12.9. The van der Waals surface area contributed by atoms with Gasteiger partial charge in [0.15, 0.2) is 0 Å². The molecule has 2 rings (SSSR count). The average Bonchev–Trinajstić information content (AvgIpc) is 2.47. The van der Waals surface area contributed by atoms with Gasteiger partial charge in [0, 0.05) is 18.1 Å². The fourth-order valence-corrected chi connectivity index (χ4v) is 3.17. The van der Waals surface area contributed by atoms with E-state index >= 15 is 0 Å². The van der Waals surface area contributed by atoms with E-state index in [1.807, 2.05) is 24.0 Å². The number of carbonyl (C=O) groups excluding carboxylic acids is 1. The molecule has 0 aliphatic carbocycles. The van der Waals surface area contributed by atoms with Crippen molar-refractivity contribution in [1.29, 1.82) is 0 Å². The molecule has 1 aliphatic rings. The summed E-state index contributed by atoms with van der Waals surface area (Å²) in [4.78, 5) is 14.7. The van der Waals surface area contributed by atoms with Crippen molar-refractivity contribution < 1.29 is 4.79 Å². The molecular formula is C17H23ClINO. The van der Waals surface area contributed by atoms with Crippen molar-refractivity contribution in [3.8, 4) is 0 Å². The zero-order chi connectivity index (χ0) is 15.6. The molecule has 0 spiro atoms. The molecular weight excluding hydrogens is 397 g/mol. The van der Waals surface area contributed by atoms with Crippen molar-refractivity contribution in [2.45, 2.75) is 43.0 Å². The first-order chi connectivity index (χ1) is 9.82. The van der Waals surface area contributed by atoms with Crippen LogP contribution in [0.4, 0.5) is 0 Å². The Labute approximate surface area is 146 Å². The van der Waals surface area contributed by atoms with Crippen molar-refractivity contribution in [2.24, 2.45) is 5.92 Å². The minimum atomic E-state index is -0.301. The largest absolute Gasteiger partial charge is 0.342 e. The minimum absolute atomic E-state index is 0.285. The average molecular weight is 420 g/mol. The van der Waals surface area contributed by atoms with Crippen LogP contribution in [0.1, 0.15) is 45.1 Å². The molecule has 21 heavy (non-hydrogen) atoms. The molecule has 1 saturated heterocycles. The lowest BCUT2D eigenvalue weighted by molar-refractivity contribution is -0.134.